The predicted molar refractivity (Wildman–Crippen MR) is 75.9 cm³/mol. The molecular formula is C13H21BrN2O2. The maximum absolute atomic E-state index is 12.4. The highest BCUT2D eigenvalue weighted by Gasteiger charge is 2.21. The van der Waals surface area contributed by atoms with Gasteiger partial charge >= 0.3 is 0 Å². The van der Waals surface area contributed by atoms with Crippen LogP contribution in [0.3, 0.4) is 0 Å². The maximum Gasteiger partial charge on any atom is 0.270 e. The summed E-state index contributed by atoms with van der Waals surface area (Å²) in [6.45, 7) is 6.62. The summed E-state index contributed by atoms with van der Waals surface area (Å²) in [6.07, 6.45) is 1.94. The first kappa shape index (κ1) is 15.2. The van der Waals surface area contributed by atoms with Crippen LogP contribution in [0.5, 0.6) is 0 Å². The molecular weight excluding hydrogens is 296 g/mol. The molecule has 0 N–H and O–H groups in total. The molecule has 1 aromatic rings. The monoisotopic (exact) mass is 316 g/mol. The number of hydrogen-bond donors (Lipinski definition) is 0. The van der Waals surface area contributed by atoms with Gasteiger partial charge in [-0.1, -0.05) is 0 Å². The summed E-state index contributed by atoms with van der Waals surface area (Å²) in [5.74, 6) is 0.0129. The van der Waals surface area contributed by atoms with E-state index in [1.54, 1.807) is 19.1 Å². The molecule has 1 aromatic heterocycles. The van der Waals surface area contributed by atoms with Gasteiger partial charge in [0.25, 0.3) is 5.91 Å². The highest BCUT2D eigenvalue weighted by atomic mass is 79.9. The molecule has 1 heterocycles. The predicted octanol–water partition coefficient (Wildman–Crippen LogP) is 2.94. The van der Waals surface area contributed by atoms with Crippen molar-refractivity contribution in [1.29, 1.82) is 0 Å². The summed E-state index contributed by atoms with van der Waals surface area (Å²) < 4.78 is 7.98. The van der Waals surface area contributed by atoms with Gasteiger partial charge in [0.05, 0.1) is 12.6 Å². The number of methoxy groups -OCH3 is 1. The molecule has 18 heavy (non-hydrogen) atoms. The van der Waals surface area contributed by atoms with E-state index >= 15 is 0 Å². The van der Waals surface area contributed by atoms with Crippen molar-refractivity contribution in [1.82, 2.24) is 9.47 Å². The third kappa shape index (κ3) is 3.36. The Hall–Kier alpha value is -0.810. The molecule has 0 bridgehead atoms. The molecule has 1 amide bonds. The number of likely N-dealkylation sites (N-methyl/N-ethyl adjacent to an activating group) is 1. The van der Waals surface area contributed by atoms with Gasteiger partial charge < -0.3 is 14.2 Å². The molecule has 0 fully saturated rings. The van der Waals surface area contributed by atoms with Crippen molar-refractivity contribution < 1.29 is 9.53 Å². The summed E-state index contributed by atoms with van der Waals surface area (Å²) in [4.78, 5) is 14.1. The van der Waals surface area contributed by atoms with Crippen LogP contribution in [-0.2, 0) is 4.74 Å². The third-order valence-electron chi connectivity index (χ3n) is 2.98. The number of carbonyl (C=O) groups is 1. The minimum absolute atomic E-state index is 0.0129. The van der Waals surface area contributed by atoms with E-state index in [0.29, 0.717) is 12.3 Å². The first-order chi connectivity index (χ1) is 8.38. The zero-order chi connectivity index (χ0) is 13.9. The SMILES string of the molecule is COCC(C)N(C)C(=O)c1cc(Br)cn1C(C)C. The molecule has 0 saturated heterocycles. The van der Waals surface area contributed by atoms with Crippen molar-refractivity contribution in [2.75, 3.05) is 20.8 Å². The average Bonchev–Trinajstić information content (AvgIpc) is 2.69. The fourth-order valence-corrected chi connectivity index (χ4v) is 2.22. The lowest BCUT2D eigenvalue weighted by Crippen LogP contribution is -2.38. The van der Waals surface area contributed by atoms with E-state index < -0.39 is 0 Å². The topological polar surface area (TPSA) is 34.5 Å². The van der Waals surface area contributed by atoms with Gasteiger partial charge in [0.2, 0.25) is 0 Å². The van der Waals surface area contributed by atoms with Crippen molar-refractivity contribution in [3.8, 4) is 0 Å². The average molecular weight is 317 g/mol. The highest BCUT2D eigenvalue weighted by molar-refractivity contribution is 9.10. The Labute approximate surface area is 117 Å². The smallest absolute Gasteiger partial charge is 0.270 e. The summed E-state index contributed by atoms with van der Waals surface area (Å²) >= 11 is 3.42. The number of rotatable bonds is 5. The van der Waals surface area contributed by atoms with Gasteiger partial charge in [-0.05, 0) is 42.8 Å². The molecule has 4 nitrogen and oxygen atoms in total. The van der Waals surface area contributed by atoms with Crippen LogP contribution >= 0.6 is 15.9 Å². The van der Waals surface area contributed by atoms with E-state index in [1.807, 2.05) is 23.8 Å². The van der Waals surface area contributed by atoms with Crippen LogP contribution in [-0.4, -0.2) is 42.2 Å². The molecule has 1 rings (SSSR count). The molecule has 0 spiro atoms. The van der Waals surface area contributed by atoms with Crippen molar-refractivity contribution in [2.45, 2.75) is 32.9 Å². The quantitative estimate of drug-likeness (QED) is 0.837. The number of amides is 1. The molecule has 0 aromatic carbocycles. The van der Waals surface area contributed by atoms with Gasteiger partial charge in [-0.3, -0.25) is 4.79 Å². The zero-order valence-corrected chi connectivity index (χ0v) is 13.2. The Balaban J connectivity index is 2.96. The van der Waals surface area contributed by atoms with E-state index in [0.717, 1.165) is 4.47 Å². The number of nitrogens with zero attached hydrogens (tertiary/aromatic N) is 2. The largest absolute Gasteiger partial charge is 0.383 e. The van der Waals surface area contributed by atoms with Crippen molar-refractivity contribution >= 4 is 21.8 Å². The molecule has 1 unspecified atom stereocenters. The van der Waals surface area contributed by atoms with E-state index in [1.165, 1.54) is 0 Å². The Morgan fingerprint density at radius 2 is 2.11 bits per heavy atom. The lowest BCUT2D eigenvalue weighted by Gasteiger charge is -2.25. The second-order valence-electron chi connectivity index (χ2n) is 4.77. The fraction of sp³-hybridized carbons (Fsp3) is 0.615. The van der Waals surface area contributed by atoms with E-state index in [9.17, 15) is 4.79 Å². The molecule has 0 radical (unpaired) electrons. The van der Waals surface area contributed by atoms with Crippen molar-refractivity contribution in [2.24, 2.45) is 0 Å². The van der Waals surface area contributed by atoms with Crippen LogP contribution in [0.15, 0.2) is 16.7 Å². The molecule has 0 aliphatic rings. The van der Waals surface area contributed by atoms with Crippen molar-refractivity contribution in [3.63, 3.8) is 0 Å². The molecule has 0 aliphatic heterocycles. The summed E-state index contributed by atoms with van der Waals surface area (Å²) in [7, 11) is 3.44. The van der Waals surface area contributed by atoms with Crippen LogP contribution in [0.2, 0.25) is 0 Å². The Kier molecular flexibility index (Phi) is 5.41. The van der Waals surface area contributed by atoms with Crippen LogP contribution in [0.1, 0.15) is 37.3 Å². The highest BCUT2D eigenvalue weighted by Crippen LogP contribution is 2.21. The van der Waals surface area contributed by atoms with Crippen LogP contribution in [0, 0.1) is 0 Å². The number of aromatic nitrogens is 1. The summed E-state index contributed by atoms with van der Waals surface area (Å²) in [5.41, 5.74) is 0.697. The second-order valence-corrected chi connectivity index (χ2v) is 5.68. The number of ether oxygens (including phenoxy) is 1. The second kappa shape index (κ2) is 6.38. The molecule has 0 saturated carbocycles. The molecule has 5 heteroatoms. The van der Waals surface area contributed by atoms with Gasteiger partial charge in [0, 0.05) is 30.9 Å². The van der Waals surface area contributed by atoms with Gasteiger partial charge in [0.1, 0.15) is 5.69 Å². The molecule has 1 atom stereocenters. The Bertz CT molecular complexity index is 415. The van der Waals surface area contributed by atoms with E-state index in [-0.39, 0.29) is 18.0 Å². The number of halogens is 1. The minimum atomic E-state index is 0.0129. The lowest BCUT2D eigenvalue weighted by molar-refractivity contribution is 0.0622. The summed E-state index contributed by atoms with van der Waals surface area (Å²) in [6, 6.07) is 2.16. The zero-order valence-electron chi connectivity index (χ0n) is 11.6. The van der Waals surface area contributed by atoms with Crippen LogP contribution < -0.4 is 0 Å². The van der Waals surface area contributed by atoms with Gasteiger partial charge in [0.15, 0.2) is 0 Å². The van der Waals surface area contributed by atoms with Crippen molar-refractivity contribution in [3.05, 3.63) is 22.4 Å². The normalized spacial score (nSPS) is 12.8. The maximum atomic E-state index is 12.4. The molecule has 102 valence electrons. The number of hydrogen-bond acceptors (Lipinski definition) is 2. The minimum Gasteiger partial charge on any atom is -0.383 e. The fourth-order valence-electron chi connectivity index (χ4n) is 1.78. The first-order valence-electron chi connectivity index (χ1n) is 6.02. The number of carbonyl (C=O) groups excluding carboxylic acids is 1. The van der Waals surface area contributed by atoms with E-state index in [4.69, 9.17) is 4.74 Å². The van der Waals surface area contributed by atoms with Gasteiger partial charge in [-0.15, -0.1) is 0 Å². The Morgan fingerprint density at radius 1 is 1.50 bits per heavy atom. The first-order valence-corrected chi connectivity index (χ1v) is 6.81. The lowest BCUT2D eigenvalue weighted by atomic mass is 10.2. The third-order valence-corrected chi connectivity index (χ3v) is 3.41. The van der Waals surface area contributed by atoms with Gasteiger partial charge in [-0.25, -0.2) is 0 Å². The standard InChI is InChI=1S/C13H21BrN2O2/c1-9(2)16-7-11(14)6-12(16)13(17)15(4)10(3)8-18-5/h6-7,9-10H,8H2,1-5H3. The molecule has 0 aliphatic carbocycles. The van der Waals surface area contributed by atoms with Crippen LogP contribution in [0.25, 0.3) is 0 Å². The van der Waals surface area contributed by atoms with E-state index in [2.05, 4.69) is 29.8 Å². The summed E-state index contributed by atoms with van der Waals surface area (Å²) in [5, 5.41) is 0. The van der Waals surface area contributed by atoms with Crippen LogP contribution in [0.4, 0.5) is 0 Å². The Morgan fingerprint density at radius 3 is 2.61 bits per heavy atom. The van der Waals surface area contributed by atoms with Gasteiger partial charge in [-0.2, -0.15) is 0 Å².